The maximum atomic E-state index is 8.82. The van der Waals surface area contributed by atoms with E-state index in [1.807, 2.05) is 0 Å². The molecule has 0 radical (unpaired) electrons. The highest BCUT2D eigenvalue weighted by atomic mass is 15.2. The zero-order chi connectivity index (χ0) is 51.0. The highest BCUT2D eigenvalue weighted by molar-refractivity contribution is 7.00. The van der Waals surface area contributed by atoms with Crippen LogP contribution in [0.4, 0.5) is 34.1 Å². The number of rotatable bonds is 4. The van der Waals surface area contributed by atoms with Gasteiger partial charge < -0.3 is 9.80 Å². The summed E-state index contributed by atoms with van der Waals surface area (Å²) in [5, 5.41) is 0. The number of hydrogen-bond donors (Lipinski definition) is 0. The first-order chi connectivity index (χ1) is 32.9. The van der Waals surface area contributed by atoms with Crippen molar-refractivity contribution in [3.63, 3.8) is 0 Å². The molecule has 0 unspecified atom stereocenters. The van der Waals surface area contributed by atoms with Crippen molar-refractivity contribution in [1.29, 1.82) is 0 Å². The maximum absolute atomic E-state index is 8.82. The fourth-order valence-electron chi connectivity index (χ4n) is 14.0. The van der Waals surface area contributed by atoms with Crippen LogP contribution in [0.3, 0.4) is 0 Å². The van der Waals surface area contributed by atoms with Gasteiger partial charge in [0.2, 0.25) is 0 Å². The molecule has 0 saturated heterocycles. The predicted octanol–water partition coefficient (Wildman–Crippen LogP) is 16.0. The van der Waals surface area contributed by atoms with Crippen molar-refractivity contribution in [2.24, 2.45) is 0 Å². The third kappa shape index (κ3) is 6.70. The monoisotopic (exact) mass is 900 g/mol. The van der Waals surface area contributed by atoms with E-state index in [1.54, 1.807) is 0 Å². The summed E-state index contributed by atoms with van der Waals surface area (Å²) in [5.41, 5.74) is 23.7. The molecule has 0 bridgehead atoms. The predicted molar refractivity (Wildman–Crippen MR) is 295 cm³/mol. The van der Waals surface area contributed by atoms with Crippen LogP contribution in [0.5, 0.6) is 0 Å². The van der Waals surface area contributed by atoms with E-state index < -0.39 is 6.85 Å². The van der Waals surface area contributed by atoms with E-state index in [2.05, 4.69) is 217 Å². The van der Waals surface area contributed by atoms with Crippen LogP contribution in [-0.2, 0) is 44.3 Å². The molecule has 11 rings (SSSR count). The molecule has 2 heterocycles. The number of fused-ring (bicyclic) bond motifs is 7. The topological polar surface area (TPSA) is 6.48 Å². The summed E-state index contributed by atoms with van der Waals surface area (Å²) in [6, 6.07) is 40.3. The smallest absolute Gasteiger partial charge is 0.252 e. The second-order valence-corrected chi connectivity index (χ2v) is 26.8. The molecule has 0 N–H and O–H groups in total. The molecule has 0 spiro atoms. The molecule has 0 aromatic heterocycles. The lowest BCUT2D eigenvalue weighted by atomic mass is 9.32. The van der Waals surface area contributed by atoms with Gasteiger partial charge in [0.25, 0.3) is 6.71 Å². The zero-order valence-corrected chi connectivity index (χ0v) is 44.0. The molecular weight excluding hydrogens is 820 g/mol. The Kier molecular flexibility index (Phi) is 8.95. The lowest BCUT2D eigenvalue weighted by Crippen LogP contribution is -2.62. The van der Waals surface area contributed by atoms with E-state index in [0.29, 0.717) is 0 Å². The van der Waals surface area contributed by atoms with E-state index >= 15 is 0 Å². The standard InChI is InChI=1S/C65H77BN2/c1-17-40-31-56-58-57(32-40)68(53-26-23-42(59(2,3)4)33-44(53)41-21-19-18-20-22-41)55-38-50-48(64(13,14)39-65(50,15)16)36-52(55)66(58)51-35-47-49(63(11,12)30-29-62(47,9)10)37-54(51)67(56)43-24-25-45-46(34-43)61(7,8)28-27-60(45,5)6/h18-26,31-38H,17,27-30,39H2,1-16H3/i1D3. The van der Waals surface area contributed by atoms with Gasteiger partial charge in [-0.15, -0.1) is 0 Å². The molecule has 3 aliphatic carbocycles. The van der Waals surface area contributed by atoms with Gasteiger partial charge in [-0.2, -0.15) is 0 Å². The van der Waals surface area contributed by atoms with Gasteiger partial charge in [0.15, 0.2) is 0 Å². The van der Waals surface area contributed by atoms with Crippen molar-refractivity contribution < 1.29 is 4.11 Å². The summed E-state index contributed by atoms with van der Waals surface area (Å²) in [6.45, 7) is 33.9. The van der Waals surface area contributed by atoms with Crippen LogP contribution < -0.4 is 26.2 Å². The fourth-order valence-corrected chi connectivity index (χ4v) is 14.0. The summed E-state index contributed by atoms with van der Waals surface area (Å²) >= 11 is 0. The second kappa shape index (κ2) is 14.5. The molecule has 5 aliphatic rings. The Morgan fingerprint density at radius 1 is 0.485 bits per heavy atom. The zero-order valence-electron chi connectivity index (χ0n) is 47.0. The van der Waals surface area contributed by atoms with Gasteiger partial charge in [0.05, 0.1) is 5.69 Å². The number of nitrogens with zero attached hydrogens (tertiary/aromatic N) is 2. The summed E-state index contributed by atoms with van der Waals surface area (Å²) < 4.78 is 26.5. The van der Waals surface area contributed by atoms with Crippen LogP contribution >= 0.6 is 0 Å². The maximum Gasteiger partial charge on any atom is 0.252 e. The van der Waals surface area contributed by atoms with Gasteiger partial charge in [-0.05, 0) is 191 Å². The molecule has 0 saturated carbocycles. The first kappa shape index (κ1) is 41.9. The molecule has 2 nitrogen and oxygen atoms in total. The summed E-state index contributed by atoms with van der Waals surface area (Å²) in [4.78, 5) is 5.14. The average molecular weight is 900 g/mol. The van der Waals surface area contributed by atoms with Gasteiger partial charge in [-0.25, -0.2) is 0 Å². The van der Waals surface area contributed by atoms with E-state index in [0.717, 1.165) is 66.0 Å². The Hall–Kier alpha value is -5.02. The van der Waals surface area contributed by atoms with Gasteiger partial charge in [0.1, 0.15) is 0 Å². The lowest BCUT2D eigenvalue weighted by molar-refractivity contribution is 0.332. The number of anilines is 6. The molecule has 3 heteroatoms. The minimum atomic E-state index is -2.18. The van der Waals surface area contributed by atoms with E-state index in [9.17, 15) is 0 Å². The van der Waals surface area contributed by atoms with Crippen molar-refractivity contribution in [2.45, 2.75) is 187 Å². The van der Waals surface area contributed by atoms with Gasteiger partial charge in [-0.1, -0.05) is 165 Å². The first-order valence-corrected chi connectivity index (χ1v) is 25.9. The Morgan fingerprint density at radius 3 is 1.56 bits per heavy atom. The molecule has 6 aromatic carbocycles. The van der Waals surface area contributed by atoms with E-state index in [4.69, 9.17) is 4.11 Å². The molecule has 0 amide bonds. The summed E-state index contributed by atoms with van der Waals surface area (Å²) in [7, 11) is 0. The molecule has 68 heavy (non-hydrogen) atoms. The van der Waals surface area contributed by atoms with Gasteiger partial charge in [0, 0.05) is 38.1 Å². The average Bonchev–Trinajstić information content (AvgIpc) is 3.46. The fraction of sp³-hybridized carbons (Fsp3) is 0.446. The molecule has 6 aromatic rings. The van der Waals surface area contributed by atoms with Crippen LogP contribution in [0.1, 0.15) is 191 Å². The van der Waals surface area contributed by atoms with E-state index in [-0.39, 0.29) is 51.0 Å². The van der Waals surface area contributed by atoms with Crippen molar-refractivity contribution >= 4 is 57.2 Å². The minimum Gasteiger partial charge on any atom is -0.311 e. The molecule has 2 aliphatic heterocycles. The summed E-state index contributed by atoms with van der Waals surface area (Å²) in [5.74, 6) is 0. The van der Waals surface area contributed by atoms with Gasteiger partial charge >= 0.3 is 0 Å². The number of hydrogen-bond acceptors (Lipinski definition) is 2. The van der Waals surface area contributed by atoms with Crippen LogP contribution in [-0.4, -0.2) is 6.71 Å². The third-order valence-corrected chi connectivity index (χ3v) is 18.1. The van der Waals surface area contributed by atoms with Crippen molar-refractivity contribution in [2.75, 3.05) is 9.80 Å². The summed E-state index contributed by atoms with van der Waals surface area (Å²) in [6.07, 6.45) is 5.55. The quantitative estimate of drug-likeness (QED) is 0.162. The van der Waals surface area contributed by atoms with E-state index in [1.165, 1.54) is 72.3 Å². The molecule has 0 fully saturated rings. The largest absolute Gasteiger partial charge is 0.311 e. The lowest BCUT2D eigenvalue weighted by Gasteiger charge is -2.48. The second-order valence-electron chi connectivity index (χ2n) is 26.8. The minimum absolute atomic E-state index is 0.00380. The van der Waals surface area contributed by atoms with Crippen LogP contribution in [0.15, 0.2) is 103 Å². The van der Waals surface area contributed by atoms with Crippen molar-refractivity contribution in [3.05, 3.63) is 148 Å². The van der Waals surface area contributed by atoms with Gasteiger partial charge in [-0.3, -0.25) is 0 Å². The van der Waals surface area contributed by atoms with Crippen LogP contribution in [0.25, 0.3) is 11.1 Å². The Bertz CT molecular complexity index is 3190. The third-order valence-electron chi connectivity index (χ3n) is 18.1. The highest BCUT2D eigenvalue weighted by Gasteiger charge is 2.50. The Morgan fingerprint density at radius 2 is 0.985 bits per heavy atom. The number of benzene rings is 6. The SMILES string of the molecule is [2H]C([2H])([2H])Cc1cc2c3c(c1)N(c1ccc(C(C)(C)C)cc1-c1ccccc1)c1cc4c(cc1B3c1cc3c(cc1N2c1ccc2c(c1)C(C)(C)CCC2(C)C)C(C)(C)CCC3(C)C)C(C)(C)CC4(C)C. The Balaban J connectivity index is 1.31. The Labute approximate surface area is 415 Å². The number of aryl methyl sites for hydroxylation is 1. The molecule has 0 atom stereocenters. The van der Waals surface area contributed by atoms with Crippen molar-refractivity contribution in [1.82, 2.24) is 0 Å². The molecular formula is C65H77BN2. The van der Waals surface area contributed by atoms with Crippen LogP contribution in [0.2, 0.25) is 0 Å². The normalized spacial score (nSPS) is 21.3. The van der Waals surface area contributed by atoms with Crippen molar-refractivity contribution in [3.8, 4) is 11.1 Å². The first-order valence-electron chi connectivity index (χ1n) is 27.4. The molecule has 350 valence electrons. The highest BCUT2D eigenvalue weighted by Crippen LogP contribution is 2.56. The van der Waals surface area contributed by atoms with Crippen LogP contribution in [0, 0.1) is 0 Å².